The van der Waals surface area contributed by atoms with Gasteiger partial charge in [0.1, 0.15) is 11.9 Å². The molecule has 1 aliphatic rings. The van der Waals surface area contributed by atoms with E-state index in [-0.39, 0.29) is 5.54 Å². The molecule has 3 heteroatoms. The molecule has 1 aliphatic heterocycles. The highest BCUT2D eigenvalue weighted by Crippen LogP contribution is 2.27. The molecule has 0 fully saturated rings. The van der Waals surface area contributed by atoms with Crippen LogP contribution in [0, 0.1) is 0 Å². The van der Waals surface area contributed by atoms with Crippen LogP contribution in [-0.4, -0.2) is 12.6 Å². The monoisotopic (exact) mass is 236 g/mol. The van der Waals surface area contributed by atoms with Gasteiger partial charge in [0, 0.05) is 10.7 Å². The predicted octanol–water partition coefficient (Wildman–Crippen LogP) is 2.78. The Labute approximate surface area is 85.5 Å². The second-order valence-electron chi connectivity index (χ2n) is 3.18. The molecule has 1 aromatic rings. The zero-order chi connectivity index (χ0) is 9.31. The third-order valence-corrected chi connectivity index (χ3v) is 2.62. The third-order valence-electron chi connectivity index (χ3n) is 2.13. The summed E-state index contributed by atoms with van der Waals surface area (Å²) in [6.07, 6.45) is 3.45. The van der Waals surface area contributed by atoms with Crippen molar-refractivity contribution in [2.24, 2.45) is 9.98 Å². The first-order valence-electron chi connectivity index (χ1n) is 4.05. The van der Waals surface area contributed by atoms with Gasteiger partial charge >= 0.3 is 0 Å². The molecule has 0 radical (unpaired) electrons. The second kappa shape index (κ2) is 3.07. The lowest BCUT2D eigenvalue weighted by molar-refractivity contribution is 0.710. The quantitative estimate of drug-likeness (QED) is 0.717. The summed E-state index contributed by atoms with van der Waals surface area (Å²) in [7, 11) is 0. The molecule has 1 unspecified atom stereocenters. The highest BCUT2D eigenvalue weighted by atomic mass is 79.9. The first kappa shape index (κ1) is 8.63. The van der Waals surface area contributed by atoms with Crippen LogP contribution in [0.2, 0.25) is 0 Å². The van der Waals surface area contributed by atoms with Gasteiger partial charge in [-0.2, -0.15) is 0 Å². The minimum absolute atomic E-state index is 0.274. The van der Waals surface area contributed by atoms with E-state index >= 15 is 0 Å². The van der Waals surface area contributed by atoms with Crippen LogP contribution in [0.1, 0.15) is 12.5 Å². The van der Waals surface area contributed by atoms with Gasteiger partial charge in [-0.15, -0.1) is 0 Å². The molecule has 0 aliphatic carbocycles. The molecule has 0 saturated heterocycles. The molecular formula is C10H9BrN2. The van der Waals surface area contributed by atoms with Gasteiger partial charge in [-0.05, 0) is 24.6 Å². The summed E-state index contributed by atoms with van der Waals surface area (Å²) in [5.74, 6) is 0. The van der Waals surface area contributed by atoms with Crippen molar-refractivity contribution >= 4 is 28.5 Å². The molecule has 0 N–H and O–H groups in total. The molecule has 2 nitrogen and oxygen atoms in total. The average molecular weight is 237 g/mol. The van der Waals surface area contributed by atoms with Crippen LogP contribution < -0.4 is 0 Å². The van der Waals surface area contributed by atoms with E-state index in [1.807, 2.05) is 25.3 Å². The molecule has 1 heterocycles. The second-order valence-corrected chi connectivity index (χ2v) is 4.10. The summed E-state index contributed by atoms with van der Waals surface area (Å²) in [5, 5.41) is 0. The van der Waals surface area contributed by atoms with Crippen LogP contribution in [0.4, 0.5) is 0 Å². The summed E-state index contributed by atoms with van der Waals surface area (Å²) < 4.78 is 1.07. The molecule has 0 spiro atoms. The van der Waals surface area contributed by atoms with Gasteiger partial charge in [0.05, 0.1) is 0 Å². The van der Waals surface area contributed by atoms with Crippen molar-refractivity contribution in [3.8, 4) is 0 Å². The predicted molar refractivity (Wildman–Crippen MR) is 58.5 cm³/mol. The molecule has 0 bridgehead atoms. The van der Waals surface area contributed by atoms with Crippen molar-refractivity contribution in [2.75, 3.05) is 0 Å². The van der Waals surface area contributed by atoms with E-state index in [0.29, 0.717) is 0 Å². The Balaban J connectivity index is 2.46. The Bertz CT molecular complexity index is 370. The van der Waals surface area contributed by atoms with Gasteiger partial charge in [-0.25, -0.2) is 4.99 Å². The largest absolute Gasteiger partial charge is 0.257 e. The standard InChI is InChI=1S/C10H9BrN2/c1-10(6-12-7-13-10)8-3-2-4-9(11)5-8/h2-7H,1H3. The van der Waals surface area contributed by atoms with Crippen LogP contribution in [0.25, 0.3) is 0 Å². The number of hydrogen-bond acceptors (Lipinski definition) is 2. The van der Waals surface area contributed by atoms with Crippen molar-refractivity contribution in [3.05, 3.63) is 34.3 Å². The van der Waals surface area contributed by atoms with Crippen LogP contribution in [-0.2, 0) is 5.54 Å². The summed E-state index contributed by atoms with van der Waals surface area (Å²) in [4.78, 5) is 8.32. The normalized spacial score (nSPS) is 25.4. The first-order chi connectivity index (χ1) is 6.21. The Kier molecular flexibility index (Phi) is 2.04. The van der Waals surface area contributed by atoms with Crippen molar-refractivity contribution in [1.82, 2.24) is 0 Å². The zero-order valence-electron chi connectivity index (χ0n) is 7.24. The Hall–Kier alpha value is -0.960. The van der Waals surface area contributed by atoms with Crippen LogP contribution in [0.5, 0.6) is 0 Å². The number of benzene rings is 1. The number of nitrogens with zero attached hydrogens (tertiary/aromatic N) is 2. The molecule has 1 atom stereocenters. The summed E-state index contributed by atoms with van der Waals surface area (Å²) in [5.41, 5.74) is 0.878. The molecule has 66 valence electrons. The lowest BCUT2D eigenvalue weighted by atomic mass is 9.95. The lowest BCUT2D eigenvalue weighted by Crippen LogP contribution is -2.17. The SMILES string of the molecule is CC1(c2cccc(Br)c2)C=NC=N1. The Morgan fingerprint density at radius 1 is 1.38 bits per heavy atom. The number of rotatable bonds is 1. The molecular weight excluding hydrogens is 228 g/mol. The number of hydrogen-bond donors (Lipinski definition) is 0. The summed E-state index contributed by atoms with van der Waals surface area (Å²) >= 11 is 3.44. The van der Waals surface area contributed by atoms with Crippen LogP contribution in [0.3, 0.4) is 0 Å². The van der Waals surface area contributed by atoms with Gasteiger partial charge in [0.2, 0.25) is 0 Å². The fourth-order valence-corrected chi connectivity index (χ4v) is 1.72. The highest BCUT2D eigenvalue weighted by molar-refractivity contribution is 9.10. The van der Waals surface area contributed by atoms with E-state index in [1.165, 1.54) is 0 Å². The minimum Gasteiger partial charge on any atom is -0.257 e. The maximum Gasteiger partial charge on any atom is 0.120 e. The van der Waals surface area contributed by atoms with E-state index in [4.69, 9.17) is 0 Å². The third kappa shape index (κ3) is 1.56. The van der Waals surface area contributed by atoms with E-state index in [0.717, 1.165) is 10.0 Å². The molecule has 0 saturated carbocycles. The van der Waals surface area contributed by atoms with Crippen molar-refractivity contribution in [3.63, 3.8) is 0 Å². The van der Waals surface area contributed by atoms with Crippen LogP contribution in [0.15, 0.2) is 38.7 Å². The maximum absolute atomic E-state index is 4.31. The highest BCUT2D eigenvalue weighted by Gasteiger charge is 2.25. The van der Waals surface area contributed by atoms with Gasteiger partial charge in [-0.3, -0.25) is 4.99 Å². The summed E-state index contributed by atoms with van der Waals surface area (Å²) in [6.45, 7) is 2.04. The molecule has 2 rings (SSSR count). The molecule has 0 aromatic heterocycles. The van der Waals surface area contributed by atoms with E-state index in [9.17, 15) is 0 Å². The average Bonchev–Trinajstić information content (AvgIpc) is 2.54. The fourth-order valence-electron chi connectivity index (χ4n) is 1.32. The lowest BCUT2D eigenvalue weighted by Gasteiger charge is -2.17. The van der Waals surface area contributed by atoms with Crippen molar-refractivity contribution < 1.29 is 0 Å². The fraction of sp³-hybridized carbons (Fsp3) is 0.200. The maximum atomic E-state index is 4.31. The zero-order valence-corrected chi connectivity index (χ0v) is 8.82. The van der Waals surface area contributed by atoms with Gasteiger partial charge in [-0.1, -0.05) is 28.1 Å². The summed E-state index contributed by atoms with van der Waals surface area (Å²) in [6, 6.07) is 8.13. The number of halogens is 1. The van der Waals surface area contributed by atoms with Gasteiger partial charge in [0.25, 0.3) is 0 Å². The Morgan fingerprint density at radius 3 is 2.85 bits per heavy atom. The topological polar surface area (TPSA) is 24.7 Å². The van der Waals surface area contributed by atoms with Crippen LogP contribution >= 0.6 is 15.9 Å². The minimum atomic E-state index is -0.274. The smallest absolute Gasteiger partial charge is 0.120 e. The van der Waals surface area contributed by atoms with E-state index in [2.05, 4.69) is 38.0 Å². The van der Waals surface area contributed by atoms with E-state index < -0.39 is 0 Å². The van der Waals surface area contributed by atoms with Crippen molar-refractivity contribution in [1.29, 1.82) is 0 Å². The molecule has 1 aromatic carbocycles. The molecule has 0 amide bonds. The molecule has 13 heavy (non-hydrogen) atoms. The van der Waals surface area contributed by atoms with Gasteiger partial charge in [0.15, 0.2) is 0 Å². The van der Waals surface area contributed by atoms with E-state index in [1.54, 1.807) is 6.34 Å². The van der Waals surface area contributed by atoms with Gasteiger partial charge < -0.3 is 0 Å². The first-order valence-corrected chi connectivity index (χ1v) is 4.84. The number of aliphatic imine (C=N–C) groups is 2. The van der Waals surface area contributed by atoms with Crippen molar-refractivity contribution in [2.45, 2.75) is 12.5 Å². The Morgan fingerprint density at radius 2 is 2.23 bits per heavy atom.